The van der Waals surface area contributed by atoms with Crippen LogP contribution in [0.3, 0.4) is 0 Å². The number of nitrogens with one attached hydrogen (secondary N) is 1. The molecule has 0 aliphatic rings. The molecule has 1 atom stereocenters. The summed E-state index contributed by atoms with van der Waals surface area (Å²) in [5.41, 5.74) is 6.08. The van der Waals surface area contributed by atoms with Crippen LogP contribution in [0.5, 0.6) is 0 Å². The predicted molar refractivity (Wildman–Crippen MR) is 84.7 cm³/mol. The van der Waals surface area contributed by atoms with E-state index < -0.39 is 0 Å². The Morgan fingerprint density at radius 2 is 1.95 bits per heavy atom. The van der Waals surface area contributed by atoms with E-state index in [1.54, 1.807) is 11.3 Å². The lowest BCUT2D eigenvalue weighted by molar-refractivity contribution is 0.632. The molecule has 2 heterocycles. The third kappa shape index (κ3) is 2.33. The summed E-state index contributed by atoms with van der Waals surface area (Å²) in [6, 6.07) is 14.5. The fraction of sp³-hybridized carbons (Fsp3) is 0.188. The minimum absolute atomic E-state index is 0.0583. The van der Waals surface area contributed by atoms with Crippen molar-refractivity contribution in [3.63, 3.8) is 0 Å². The van der Waals surface area contributed by atoms with Crippen molar-refractivity contribution in [2.24, 2.45) is 5.84 Å². The number of hydrazine groups is 1. The molecule has 4 heteroatoms. The van der Waals surface area contributed by atoms with Crippen molar-refractivity contribution >= 4 is 22.2 Å². The predicted octanol–water partition coefficient (Wildman–Crippen LogP) is 3.47. The number of pyridine rings is 1. The summed E-state index contributed by atoms with van der Waals surface area (Å²) in [5, 5.41) is 1.19. The van der Waals surface area contributed by atoms with Crippen LogP contribution in [0.4, 0.5) is 0 Å². The maximum atomic E-state index is 5.76. The Bertz CT molecular complexity index is 748. The number of rotatable bonds is 3. The Hall–Kier alpha value is -1.75. The van der Waals surface area contributed by atoms with Crippen LogP contribution in [0.25, 0.3) is 10.9 Å². The van der Waals surface area contributed by atoms with E-state index >= 15 is 0 Å². The average molecular weight is 283 g/mol. The highest BCUT2D eigenvalue weighted by Gasteiger charge is 2.17. The molecule has 0 bridgehead atoms. The topological polar surface area (TPSA) is 50.9 Å². The van der Waals surface area contributed by atoms with Gasteiger partial charge in [0.25, 0.3) is 0 Å². The fourth-order valence-corrected chi connectivity index (χ4v) is 3.40. The van der Waals surface area contributed by atoms with E-state index in [1.807, 2.05) is 18.2 Å². The molecule has 0 amide bonds. The van der Waals surface area contributed by atoms with Gasteiger partial charge in [-0.1, -0.05) is 18.2 Å². The first-order valence-corrected chi connectivity index (χ1v) is 7.39. The number of fused-ring (bicyclic) bond motifs is 1. The zero-order valence-corrected chi connectivity index (χ0v) is 12.4. The first-order chi connectivity index (χ1) is 9.69. The van der Waals surface area contributed by atoms with Gasteiger partial charge in [0, 0.05) is 15.1 Å². The van der Waals surface area contributed by atoms with Crippen molar-refractivity contribution < 1.29 is 0 Å². The van der Waals surface area contributed by atoms with E-state index in [-0.39, 0.29) is 6.04 Å². The number of thiophene rings is 1. The van der Waals surface area contributed by atoms with Gasteiger partial charge in [0.2, 0.25) is 0 Å². The van der Waals surface area contributed by atoms with Crippen LogP contribution in [0.1, 0.15) is 27.1 Å². The molecule has 0 spiro atoms. The van der Waals surface area contributed by atoms with Gasteiger partial charge in [0.15, 0.2) is 0 Å². The normalized spacial score (nSPS) is 12.8. The Morgan fingerprint density at radius 1 is 1.15 bits per heavy atom. The van der Waals surface area contributed by atoms with Gasteiger partial charge in [-0.05, 0) is 43.7 Å². The van der Waals surface area contributed by atoms with Gasteiger partial charge < -0.3 is 0 Å². The third-order valence-electron chi connectivity index (χ3n) is 3.45. The summed E-state index contributed by atoms with van der Waals surface area (Å²) >= 11 is 1.74. The monoisotopic (exact) mass is 283 g/mol. The number of hydrogen-bond donors (Lipinski definition) is 2. The van der Waals surface area contributed by atoms with Crippen LogP contribution < -0.4 is 11.3 Å². The zero-order chi connectivity index (χ0) is 14.1. The first-order valence-electron chi connectivity index (χ1n) is 6.58. The molecule has 1 unspecified atom stereocenters. The second kappa shape index (κ2) is 5.32. The number of hydrogen-bond acceptors (Lipinski definition) is 4. The fourth-order valence-electron chi connectivity index (χ4n) is 2.45. The average Bonchev–Trinajstić information content (AvgIpc) is 2.86. The van der Waals surface area contributed by atoms with Crippen LogP contribution in [-0.2, 0) is 0 Å². The molecule has 0 aliphatic heterocycles. The van der Waals surface area contributed by atoms with Gasteiger partial charge in [0.1, 0.15) is 0 Å². The highest BCUT2D eigenvalue weighted by Crippen LogP contribution is 2.29. The van der Waals surface area contributed by atoms with Crippen LogP contribution in [0, 0.1) is 13.8 Å². The molecule has 1 aromatic carbocycles. The maximum Gasteiger partial charge on any atom is 0.0973 e. The Morgan fingerprint density at radius 3 is 2.65 bits per heavy atom. The highest BCUT2D eigenvalue weighted by atomic mass is 32.1. The smallest absolute Gasteiger partial charge is 0.0973 e. The Labute approximate surface area is 122 Å². The molecule has 3 nitrogen and oxygen atoms in total. The molecule has 0 radical (unpaired) electrons. The van der Waals surface area contributed by atoms with E-state index in [1.165, 1.54) is 20.7 Å². The van der Waals surface area contributed by atoms with Crippen molar-refractivity contribution in [1.29, 1.82) is 0 Å². The summed E-state index contributed by atoms with van der Waals surface area (Å²) < 4.78 is 0. The van der Waals surface area contributed by atoms with E-state index in [2.05, 4.69) is 43.5 Å². The molecule has 2 aromatic heterocycles. The minimum atomic E-state index is -0.0583. The summed E-state index contributed by atoms with van der Waals surface area (Å²) in [6.07, 6.45) is 0. The molecule has 3 N–H and O–H groups in total. The summed E-state index contributed by atoms with van der Waals surface area (Å²) in [7, 11) is 0. The number of para-hydroxylation sites is 1. The SMILES string of the molecule is Cc1ccc(C(NN)c2cc(C)c3ccccc3n2)s1. The van der Waals surface area contributed by atoms with Crippen LogP contribution in [-0.4, -0.2) is 4.98 Å². The zero-order valence-electron chi connectivity index (χ0n) is 11.6. The number of benzene rings is 1. The first kappa shape index (κ1) is 13.2. The van der Waals surface area contributed by atoms with Crippen molar-refractivity contribution in [1.82, 2.24) is 10.4 Å². The number of nitrogens with zero attached hydrogens (tertiary/aromatic N) is 1. The van der Waals surface area contributed by atoms with E-state index in [0.717, 1.165) is 11.2 Å². The van der Waals surface area contributed by atoms with Gasteiger partial charge in [-0.15, -0.1) is 11.3 Å². The molecule has 0 saturated carbocycles. The van der Waals surface area contributed by atoms with Crippen molar-refractivity contribution in [2.45, 2.75) is 19.9 Å². The Balaban J connectivity index is 2.12. The number of aromatic nitrogens is 1. The largest absolute Gasteiger partial charge is 0.270 e. The van der Waals surface area contributed by atoms with E-state index in [0.29, 0.717) is 0 Å². The lowest BCUT2D eigenvalue weighted by Crippen LogP contribution is -2.29. The molecule has 20 heavy (non-hydrogen) atoms. The van der Waals surface area contributed by atoms with Crippen LogP contribution in [0.2, 0.25) is 0 Å². The summed E-state index contributed by atoms with van der Waals surface area (Å²) in [6.45, 7) is 4.21. The molecule has 0 saturated heterocycles. The van der Waals surface area contributed by atoms with Gasteiger partial charge in [0.05, 0.1) is 17.3 Å². The van der Waals surface area contributed by atoms with Gasteiger partial charge in [-0.2, -0.15) is 0 Å². The maximum absolute atomic E-state index is 5.76. The van der Waals surface area contributed by atoms with Gasteiger partial charge in [-0.25, -0.2) is 5.43 Å². The van der Waals surface area contributed by atoms with Crippen molar-refractivity contribution in [3.05, 3.63) is 63.5 Å². The quantitative estimate of drug-likeness (QED) is 0.571. The second-order valence-electron chi connectivity index (χ2n) is 4.93. The molecule has 3 aromatic rings. The van der Waals surface area contributed by atoms with Crippen LogP contribution >= 0.6 is 11.3 Å². The van der Waals surface area contributed by atoms with Crippen LogP contribution in [0.15, 0.2) is 42.5 Å². The molecular weight excluding hydrogens is 266 g/mol. The molecule has 0 aliphatic carbocycles. The second-order valence-corrected chi connectivity index (χ2v) is 6.25. The minimum Gasteiger partial charge on any atom is -0.270 e. The van der Waals surface area contributed by atoms with E-state index in [4.69, 9.17) is 10.8 Å². The number of aryl methyl sites for hydroxylation is 2. The summed E-state index contributed by atoms with van der Waals surface area (Å²) in [4.78, 5) is 7.22. The lowest BCUT2D eigenvalue weighted by atomic mass is 10.1. The molecule has 102 valence electrons. The Kier molecular flexibility index (Phi) is 3.53. The number of nitrogens with two attached hydrogens (primary N) is 1. The molecule has 0 fully saturated rings. The van der Waals surface area contributed by atoms with Crippen molar-refractivity contribution in [3.8, 4) is 0 Å². The van der Waals surface area contributed by atoms with Crippen molar-refractivity contribution in [2.75, 3.05) is 0 Å². The highest BCUT2D eigenvalue weighted by molar-refractivity contribution is 7.12. The third-order valence-corrected chi connectivity index (χ3v) is 4.52. The van der Waals surface area contributed by atoms with Gasteiger partial charge in [-0.3, -0.25) is 10.8 Å². The van der Waals surface area contributed by atoms with E-state index in [9.17, 15) is 0 Å². The summed E-state index contributed by atoms with van der Waals surface area (Å²) in [5.74, 6) is 5.76. The molecular formula is C16H17N3S. The van der Waals surface area contributed by atoms with Gasteiger partial charge >= 0.3 is 0 Å². The standard InChI is InChI=1S/C16H17N3S/c1-10-9-14(18-13-6-4-3-5-12(10)13)16(19-17)15-8-7-11(2)20-15/h3-9,16,19H,17H2,1-2H3. The lowest BCUT2D eigenvalue weighted by Gasteiger charge is -2.15. The molecule has 3 rings (SSSR count).